The molecular formula is C13H23N3O3S. The summed E-state index contributed by atoms with van der Waals surface area (Å²) < 4.78 is 34.3. The molecule has 2 rings (SSSR count). The fourth-order valence-corrected chi connectivity index (χ4v) is 4.07. The van der Waals surface area contributed by atoms with Gasteiger partial charge in [0.15, 0.2) is 0 Å². The molecule has 1 aliphatic heterocycles. The molecule has 0 saturated carbocycles. The van der Waals surface area contributed by atoms with Gasteiger partial charge in [-0.25, -0.2) is 8.42 Å². The molecule has 6 nitrogen and oxygen atoms in total. The van der Waals surface area contributed by atoms with Gasteiger partial charge in [-0.1, -0.05) is 0 Å². The van der Waals surface area contributed by atoms with Crippen molar-refractivity contribution in [2.24, 2.45) is 7.05 Å². The molecule has 0 bridgehead atoms. The SMILES string of the molecule is CNCc1cc(S(=O)(=O)N2CCOC(C)(C)C2)cn1C. The minimum atomic E-state index is -3.45. The minimum absolute atomic E-state index is 0.350. The fourth-order valence-electron chi connectivity index (χ4n) is 2.40. The fraction of sp³-hybridized carbons (Fsp3) is 0.692. The summed E-state index contributed by atoms with van der Waals surface area (Å²) in [5.74, 6) is 0. The Balaban J connectivity index is 2.28. The molecule has 0 amide bonds. The van der Waals surface area contributed by atoms with E-state index in [1.165, 1.54) is 4.31 Å². The zero-order valence-electron chi connectivity index (χ0n) is 12.5. The van der Waals surface area contributed by atoms with Gasteiger partial charge in [0.1, 0.15) is 4.90 Å². The van der Waals surface area contributed by atoms with E-state index in [2.05, 4.69) is 5.32 Å². The van der Waals surface area contributed by atoms with E-state index in [1.54, 1.807) is 12.3 Å². The van der Waals surface area contributed by atoms with Crippen molar-refractivity contribution in [2.75, 3.05) is 26.7 Å². The molecule has 1 aromatic heterocycles. The largest absolute Gasteiger partial charge is 0.373 e. The predicted molar refractivity (Wildman–Crippen MR) is 77.0 cm³/mol. The second-order valence-electron chi connectivity index (χ2n) is 5.76. The smallest absolute Gasteiger partial charge is 0.244 e. The van der Waals surface area contributed by atoms with Crippen molar-refractivity contribution in [1.29, 1.82) is 0 Å². The van der Waals surface area contributed by atoms with Gasteiger partial charge >= 0.3 is 0 Å². The normalized spacial score (nSPS) is 20.2. The van der Waals surface area contributed by atoms with Crippen molar-refractivity contribution in [3.05, 3.63) is 18.0 Å². The lowest BCUT2D eigenvalue weighted by Crippen LogP contribution is -2.50. The molecule has 114 valence electrons. The first-order valence-electron chi connectivity index (χ1n) is 6.70. The monoisotopic (exact) mass is 301 g/mol. The van der Waals surface area contributed by atoms with Crippen LogP contribution in [-0.4, -0.2) is 49.6 Å². The molecule has 0 aromatic carbocycles. The predicted octanol–water partition coefficient (Wildman–Crippen LogP) is 0.544. The molecule has 1 N–H and O–H groups in total. The van der Waals surface area contributed by atoms with Crippen molar-refractivity contribution in [3.63, 3.8) is 0 Å². The average molecular weight is 301 g/mol. The van der Waals surface area contributed by atoms with Gasteiger partial charge in [-0.15, -0.1) is 0 Å². The number of sulfonamides is 1. The molecule has 2 heterocycles. The molecule has 0 spiro atoms. The number of hydrogen-bond donors (Lipinski definition) is 1. The lowest BCUT2D eigenvalue weighted by molar-refractivity contribution is -0.0640. The van der Waals surface area contributed by atoms with E-state index in [0.29, 0.717) is 31.1 Å². The van der Waals surface area contributed by atoms with Crippen LogP contribution in [0, 0.1) is 0 Å². The van der Waals surface area contributed by atoms with Gasteiger partial charge < -0.3 is 14.6 Å². The second kappa shape index (κ2) is 5.48. The number of aryl methyl sites for hydroxylation is 1. The number of morpholine rings is 1. The first kappa shape index (κ1) is 15.5. The summed E-state index contributed by atoms with van der Waals surface area (Å²) in [5.41, 5.74) is 0.507. The van der Waals surface area contributed by atoms with Gasteiger partial charge in [-0.2, -0.15) is 4.31 Å². The number of rotatable bonds is 4. The van der Waals surface area contributed by atoms with Gasteiger partial charge in [-0.3, -0.25) is 0 Å². The standard InChI is InChI=1S/C13H23N3O3S/c1-13(2)10-16(5-6-19-13)20(17,18)12-7-11(8-14-3)15(4)9-12/h7,9,14H,5-6,8,10H2,1-4H3. The lowest BCUT2D eigenvalue weighted by atomic mass is 10.1. The molecule has 0 radical (unpaired) electrons. The zero-order chi connectivity index (χ0) is 15.0. The second-order valence-corrected chi connectivity index (χ2v) is 7.69. The Morgan fingerprint density at radius 2 is 2.15 bits per heavy atom. The first-order chi connectivity index (χ1) is 9.26. The van der Waals surface area contributed by atoms with E-state index in [9.17, 15) is 8.42 Å². The van der Waals surface area contributed by atoms with E-state index in [-0.39, 0.29) is 0 Å². The maximum absolute atomic E-state index is 12.7. The van der Waals surface area contributed by atoms with Crippen LogP contribution < -0.4 is 5.32 Å². The Labute approximate surface area is 120 Å². The Morgan fingerprint density at radius 3 is 2.75 bits per heavy atom. The van der Waals surface area contributed by atoms with E-state index in [4.69, 9.17) is 4.74 Å². The van der Waals surface area contributed by atoms with Gasteiger partial charge in [0.05, 0.1) is 12.2 Å². The van der Waals surface area contributed by atoms with Crippen LogP contribution in [0.4, 0.5) is 0 Å². The topological polar surface area (TPSA) is 63.6 Å². The molecule has 0 unspecified atom stereocenters. The van der Waals surface area contributed by atoms with Crippen LogP contribution in [0.5, 0.6) is 0 Å². The number of aromatic nitrogens is 1. The van der Waals surface area contributed by atoms with E-state index in [0.717, 1.165) is 5.69 Å². The third kappa shape index (κ3) is 3.06. The van der Waals surface area contributed by atoms with Crippen molar-refractivity contribution >= 4 is 10.0 Å². The van der Waals surface area contributed by atoms with Crippen LogP contribution in [0.15, 0.2) is 17.2 Å². The molecule has 1 saturated heterocycles. The van der Waals surface area contributed by atoms with Crippen molar-refractivity contribution in [1.82, 2.24) is 14.2 Å². The molecule has 1 aromatic rings. The first-order valence-corrected chi connectivity index (χ1v) is 8.14. The van der Waals surface area contributed by atoms with Crippen LogP contribution >= 0.6 is 0 Å². The van der Waals surface area contributed by atoms with Crippen LogP contribution in [-0.2, 0) is 28.4 Å². The van der Waals surface area contributed by atoms with Crippen LogP contribution in [0.25, 0.3) is 0 Å². The highest BCUT2D eigenvalue weighted by Gasteiger charge is 2.35. The highest BCUT2D eigenvalue weighted by Crippen LogP contribution is 2.24. The summed E-state index contributed by atoms with van der Waals surface area (Å²) in [5, 5.41) is 3.03. The van der Waals surface area contributed by atoms with E-state index < -0.39 is 15.6 Å². The number of nitrogens with one attached hydrogen (secondary N) is 1. The zero-order valence-corrected chi connectivity index (χ0v) is 13.3. The van der Waals surface area contributed by atoms with Crippen LogP contribution in [0.3, 0.4) is 0 Å². The highest BCUT2D eigenvalue weighted by atomic mass is 32.2. The molecule has 20 heavy (non-hydrogen) atoms. The Hall–Kier alpha value is -0.890. The van der Waals surface area contributed by atoms with Gasteiger partial charge in [0, 0.05) is 38.6 Å². The summed E-state index contributed by atoms with van der Waals surface area (Å²) in [6.45, 7) is 5.68. The van der Waals surface area contributed by atoms with Crippen molar-refractivity contribution in [3.8, 4) is 0 Å². The molecule has 0 aliphatic carbocycles. The average Bonchev–Trinajstić information content (AvgIpc) is 2.71. The van der Waals surface area contributed by atoms with E-state index >= 15 is 0 Å². The molecule has 1 aliphatic rings. The Bertz CT molecular complexity index is 578. The summed E-state index contributed by atoms with van der Waals surface area (Å²) in [6, 6.07) is 1.73. The maximum Gasteiger partial charge on any atom is 0.244 e. The van der Waals surface area contributed by atoms with Gasteiger partial charge in [0.25, 0.3) is 0 Å². The maximum atomic E-state index is 12.7. The van der Waals surface area contributed by atoms with E-state index in [1.807, 2.05) is 32.5 Å². The molecule has 7 heteroatoms. The third-order valence-electron chi connectivity index (χ3n) is 3.47. The highest BCUT2D eigenvalue weighted by molar-refractivity contribution is 7.89. The molecule has 1 fully saturated rings. The van der Waals surface area contributed by atoms with Gasteiger partial charge in [0.2, 0.25) is 10.0 Å². The molecule has 0 atom stereocenters. The van der Waals surface area contributed by atoms with Crippen molar-refractivity contribution < 1.29 is 13.2 Å². The summed E-state index contributed by atoms with van der Waals surface area (Å²) in [6.07, 6.45) is 1.67. The Morgan fingerprint density at radius 1 is 1.45 bits per heavy atom. The van der Waals surface area contributed by atoms with Gasteiger partial charge in [-0.05, 0) is 27.0 Å². The number of nitrogens with zero attached hydrogens (tertiary/aromatic N) is 2. The summed E-state index contributed by atoms with van der Waals surface area (Å²) in [4.78, 5) is 0.350. The van der Waals surface area contributed by atoms with Crippen LogP contribution in [0.2, 0.25) is 0 Å². The Kier molecular flexibility index (Phi) is 4.24. The van der Waals surface area contributed by atoms with Crippen LogP contribution in [0.1, 0.15) is 19.5 Å². The summed E-state index contributed by atoms with van der Waals surface area (Å²) in [7, 11) is 0.247. The minimum Gasteiger partial charge on any atom is -0.373 e. The third-order valence-corrected chi connectivity index (χ3v) is 5.28. The lowest BCUT2D eigenvalue weighted by Gasteiger charge is -2.37. The molecular weight excluding hydrogens is 278 g/mol. The van der Waals surface area contributed by atoms with Crippen molar-refractivity contribution in [2.45, 2.75) is 30.9 Å². The quantitative estimate of drug-likeness (QED) is 0.882. The summed E-state index contributed by atoms with van der Waals surface area (Å²) >= 11 is 0. The number of hydrogen-bond acceptors (Lipinski definition) is 4. The number of ether oxygens (including phenoxy) is 1.